The van der Waals surface area contributed by atoms with Crippen LogP contribution in [0, 0.1) is 11.3 Å². The summed E-state index contributed by atoms with van der Waals surface area (Å²) in [6.45, 7) is 1.18. The lowest BCUT2D eigenvalue weighted by atomic mass is 10.1. The molecule has 0 aromatic rings. The van der Waals surface area contributed by atoms with Gasteiger partial charge in [0.15, 0.2) is 5.60 Å². The third kappa shape index (κ3) is 2.22. The Bertz CT molecular complexity index is 144. The molecule has 0 aliphatic rings. The molecule has 9 heavy (non-hydrogen) atoms. The highest BCUT2D eigenvalue weighted by Gasteiger charge is 2.41. The average Bonchev–Trinajstić information content (AvgIpc) is 1.64. The minimum atomic E-state index is -1.83. The number of hydrogen-bond donors (Lipinski definition) is 2. The number of halogens is 2. The van der Waals surface area contributed by atoms with Crippen LogP contribution in [-0.2, 0) is 0 Å². The van der Waals surface area contributed by atoms with Gasteiger partial charge in [-0.1, -0.05) is 0 Å². The van der Waals surface area contributed by atoms with Gasteiger partial charge in [-0.25, -0.2) is 0 Å². The monoisotopic (exact) mass is 257 g/mol. The molecule has 1 atom stereocenters. The van der Waals surface area contributed by atoms with Gasteiger partial charge in [-0.2, -0.15) is 5.26 Å². The first-order valence-corrected chi connectivity index (χ1v) is 3.63. The van der Waals surface area contributed by atoms with Gasteiger partial charge in [-0.3, -0.25) is 0 Å². The predicted molar refractivity (Wildman–Crippen MR) is 39.0 cm³/mol. The SMILES string of the molecule is CC(O)(C#N)C(O)(Br)Br. The summed E-state index contributed by atoms with van der Waals surface area (Å²) in [5.41, 5.74) is -1.83. The fourth-order valence-electron chi connectivity index (χ4n) is 0.0673. The highest BCUT2D eigenvalue weighted by molar-refractivity contribution is 9.25. The van der Waals surface area contributed by atoms with E-state index in [2.05, 4.69) is 31.9 Å². The molecule has 0 aliphatic carbocycles. The van der Waals surface area contributed by atoms with Gasteiger partial charge in [-0.05, 0) is 38.8 Å². The minimum Gasteiger partial charge on any atom is -0.372 e. The van der Waals surface area contributed by atoms with Gasteiger partial charge in [-0.15, -0.1) is 0 Å². The molecule has 3 nitrogen and oxygen atoms in total. The highest BCUT2D eigenvalue weighted by Crippen LogP contribution is 2.33. The molecule has 0 saturated heterocycles. The van der Waals surface area contributed by atoms with Crippen LogP contribution in [0.5, 0.6) is 0 Å². The molecule has 5 heteroatoms. The van der Waals surface area contributed by atoms with Crippen molar-refractivity contribution >= 4 is 31.9 Å². The first-order valence-electron chi connectivity index (χ1n) is 2.05. The van der Waals surface area contributed by atoms with E-state index in [0.29, 0.717) is 0 Å². The summed E-state index contributed by atoms with van der Waals surface area (Å²) in [4.78, 5) is 0. The summed E-state index contributed by atoms with van der Waals surface area (Å²) in [7, 11) is 0. The van der Waals surface area contributed by atoms with Gasteiger partial charge in [0.1, 0.15) is 6.07 Å². The number of nitrogens with zero attached hydrogens (tertiary/aromatic N) is 1. The van der Waals surface area contributed by atoms with E-state index in [0.717, 1.165) is 0 Å². The largest absolute Gasteiger partial charge is 0.372 e. The summed E-state index contributed by atoms with van der Waals surface area (Å²) >= 11 is 5.32. The maximum absolute atomic E-state index is 8.95. The Kier molecular flexibility index (Phi) is 2.65. The Hall–Kier alpha value is 0.370. The van der Waals surface area contributed by atoms with Crippen LogP contribution in [0.1, 0.15) is 6.92 Å². The van der Waals surface area contributed by atoms with E-state index < -0.39 is 9.02 Å². The van der Waals surface area contributed by atoms with Crippen molar-refractivity contribution in [1.82, 2.24) is 0 Å². The van der Waals surface area contributed by atoms with Gasteiger partial charge in [0.2, 0.25) is 3.42 Å². The Labute approximate surface area is 69.6 Å². The molecule has 0 bridgehead atoms. The molecule has 0 aromatic heterocycles. The van der Waals surface area contributed by atoms with Crippen molar-refractivity contribution in [1.29, 1.82) is 5.26 Å². The van der Waals surface area contributed by atoms with E-state index in [4.69, 9.17) is 15.5 Å². The van der Waals surface area contributed by atoms with E-state index in [1.54, 1.807) is 0 Å². The van der Waals surface area contributed by atoms with Crippen LogP contribution < -0.4 is 0 Å². The summed E-state index contributed by atoms with van der Waals surface area (Å²) < 4.78 is -1.73. The molecule has 0 radical (unpaired) electrons. The Morgan fingerprint density at radius 1 is 1.44 bits per heavy atom. The van der Waals surface area contributed by atoms with Crippen LogP contribution in [0.25, 0.3) is 0 Å². The van der Waals surface area contributed by atoms with Gasteiger partial charge in [0.05, 0.1) is 0 Å². The molecule has 0 saturated carbocycles. The van der Waals surface area contributed by atoms with E-state index in [1.165, 1.54) is 13.0 Å². The third-order valence-corrected chi connectivity index (χ3v) is 2.35. The van der Waals surface area contributed by atoms with Crippen molar-refractivity contribution < 1.29 is 10.2 Å². The van der Waals surface area contributed by atoms with Crippen LogP contribution in [0.4, 0.5) is 0 Å². The molecule has 0 fully saturated rings. The number of aliphatic hydroxyl groups is 2. The molecule has 52 valence electrons. The Balaban J connectivity index is 4.39. The van der Waals surface area contributed by atoms with Crippen molar-refractivity contribution in [3.8, 4) is 6.07 Å². The molecule has 0 aliphatic heterocycles. The standard InChI is InChI=1S/C4H5Br2NO2/c1-3(8,2-7)4(5,6)9/h8-9H,1H3. The number of alkyl halides is 2. The van der Waals surface area contributed by atoms with E-state index in [1.807, 2.05) is 0 Å². The van der Waals surface area contributed by atoms with Gasteiger partial charge in [0.25, 0.3) is 0 Å². The van der Waals surface area contributed by atoms with Crippen LogP contribution >= 0.6 is 31.9 Å². The Morgan fingerprint density at radius 3 is 1.78 bits per heavy atom. The van der Waals surface area contributed by atoms with Crippen molar-refractivity contribution in [2.24, 2.45) is 0 Å². The molecule has 0 aromatic carbocycles. The van der Waals surface area contributed by atoms with E-state index in [-0.39, 0.29) is 0 Å². The molecule has 0 spiro atoms. The average molecular weight is 259 g/mol. The minimum absolute atomic E-state index is 1.18. The van der Waals surface area contributed by atoms with Gasteiger partial charge >= 0.3 is 0 Å². The molecule has 0 amide bonds. The molecular weight excluding hydrogens is 254 g/mol. The van der Waals surface area contributed by atoms with Crippen molar-refractivity contribution in [2.75, 3.05) is 0 Å². The van der Waals surface area contributed by atoms with Gasteiger partial charge < -0.3 is 10.2 Å². The fourth-order valence-corrected chi connectivity index (χ4v) is 0.245. The van der Waals surface area contributed by atoms with Gasteiger partial charge in [0, 0.05) is 0 Å². The van der Waals surface area contributed by atoms with E-state index >= 15 is 0 Å². The number of nitriles is 1. The lowest BCUT2D eigenvalue weighted by molar-refractivity contribution is 0.0178. The fraction of sp³-hybridized carbons (Fsp3) is 0.750. The quantitative estimate of drug-likeness (QED) is 0.538. The smallest absolute Gasteiger partial charge is 0.217 e. The van der Waals surface area contributed by atoms with Crippen LogP contribution in [0.3, 0.4) is 0 Å². The van der Waals surface area contributed by atoms with Crippen molar-refractivity contribution in [3.63, 3.8) is 0 Å². The topological polar surface area (TPSA) is 64.2 Å². The normalized spacial score (nSPS) is 18.2. The predicted octanol–water partition coefficient (Wildman–Crippen LogP) is 0.697. The molecule has 0 rings (SSSR count). The second kappa shape index (κ2) is 2.54. The van der Waals surface area contributed by atoms with Crippen LogP contribution in [0.2, 0.25) is 0 Å². The first kappa shape index (κ1) is 9.37. The zero-order valence-electron chi connectivity index (χ0n) is 4.60. The van der Waals surface area contributed by atoms with Crippen molar-refractivity contribution in [2.45, 2.75) is 15.9 Å². The molecule has 0 heterocycles. The molecule has 1 unspecified atom stereocenters. The zero-order valence-corrected chi connectivity index (χ0v) is 7.77. The van der Waals surface area contributed by atoms with E-state index in [9.17, 15) is 0 Å². The highest BCUT2D eigenvalue weighted by atomic mass is 79.9. The summed E-state index contributed by atoms with van der Waals surface area (Å²) in [6.07, 6.45) is 0. The van der Waals surface area contributed by atoms with Crippen LogP contribution in [-0.4, -0.2) is 19.2 Å². The maximum Gasteiger partial charge on any atom is 0.217 e. The van der Waals surface area contributed by atoms with Crippen LogP contribution in [0.15, 0.2) is 0 Å². The summed E-state index contributed by atoms with van der Waals surface area (Å²) in [5.74, 6) is 0. The summed E-state index contributed by atoms with van der Waals surface area (Å²) in [6, 6.07) is 1.49. The van der Waals surface area contributed by atoms with Crippen molar-refractivity contribution in [3.05, 3.63) is 0 Å². The second-order valence-electron chi connectivity index (χ2n) is 1.73. The lowest BCUT2D eigenvalue weighted by Gasteiger charge is -2.24. The summed E-state index contributed by atoms with van der Waals surface area (Å²) in [5, 5.41) is 26.1. The third-order valence-electron chi connectivity index (χ3n) is 0.803. The molecule has 2 N–H and O–H groups in total. The number of hydrogen-bond acceptors (Lipinski definition) is 3. The second-order valence-corrected chi connectivity index (χ2v) is 5.08. The lowest BCUT2D eigenvalue weighted by Crippen LogP contribution is -2.41. The first-order chi connectivity index (χ1) is 3.81. The number of rotatable bonds is 1. The molecular formula is C4H5Br2NO2. The zero-order chi connectivity index (χ0) is 7.71. The Morgan fingerprint density at radius 2 is 1.78 bits per heavy atom. The maximum atomic E-state index is 8.95.